The maximum Gasteiger partial charge on any atom is 0.308 e. The summed E-state index contributed by atoms with van der Waals surface area (Å²) in [7, 11) is 0. The fourth-order valence-corrected chi connectivity index (χ4v) is 8.83. The normalized spacial score (nSPS) is 44.9. The highest BCUT2D eigenvalue weighted by molar-refractivity contribution is 5.80. The van der Waals surface area contributed by atoms with Gasteiger partial charge in [-0.1, -0.05) is 98.9 Å². The van der Waals surface area contributed by atoms with Gasteiger partial charge in [-0.2, -0.15) is 0 Å². The summed E-state index contributed by atoms with van der Waals surface area (Å²) in [4.78, 5) is 26.4. The molecule has 4 aliphatic rings. The van der Waals surface area contributed by atoms with E-state index in [2.05, 4.69) is 12.2 Å². The number of aliphatic hydroxyl groups is 10. The van der Waals surface area contributed by atoms with E-state index in [1.54, 1.807) is 49.5 Å². The van der Waals surface area contributed by atoms with Crippen molar-refractivity contribution < 1.29 is 79.6 Å². The maximum absolute atomic E-state index is 13.9. The minimum atomic E-state index is -2.24. The average molecular weight is 963 g/mol. The van der Waals surface area contributed by atoms with Gasteiger partial charge in [0.05, 0.1) is 86.0 Å². The Morgan fingerprint density at radius 2 is 1.28 bits per heavy atom. The SMILES string of the molecule is C[C@H]1C[C@H](O)[C@@H](C)/C=C/C=C/C=C/C=C/C=C/C=C/C=C/C(O[C@@H]2OC[C@@H](O)[C@H](N)[C@@H]2O)C[C@@H]2OC(O)(CC(O)CC(O)C(O)CCC(O)CC(O)CC(=O)O1)C[C@H](O)[C@H]2C(=O)N[C@H]1C[C@H](C)C1. The molecule has 2 bridgehead atoms. The van der Waals surface area contributed by atoms with E-state index in [-0.39, 0.29) is 50.7 Å². The van der Waals surface area contributed by atoms with Crippen molar-refractivity contribution in [3.63, 3.8) is 0 Å². The largest absolute Gasteiger partial charge is 0.462 e. The molecule has 0 aromatic rings. The number of esters is 1. The molecule has 0 spiro atoms. The molecule has 0 aromatic carbocycles. The smallest absolute Gasteiger partial charge is 0.308 e. The van der Waals surface area contributed by atoms with Crippen LogP contribution in [0, 0.1) is 17.8 Å². The fraction of sp³-hybridized carbons (Fsp3) is 0.680. The van der Waals surface area contributed by atoms with Crippen LogP contribution < -0.4 is 11.1 Å². The minimum Gasteiger partial charge on any atom is -0.462 e. The van der Waals surface area contributed by atoms with E-state index in [1.165, 1.54) is 0 Å². The first-order valence-corrected chi connectivity index (χ1v) is 24.0. The zero-order valence-corrected chi connectivity index (χ0v) is 39.5. The summed E-state index contributed by atoms with van der Waals surface area (Å²) < 4.78 is 23.4. The van der Waals surface area contributed by atoms with Gasteiger partial charge in [0.2, 0.25) is 5.91 Å². The van der Waals surface area contributed by atoms with Crippen molar-refractivity contribution in [2.75, 3.05) is 6.61 Å². The number of ether oxygens (including phenoxy) is 4. The second kappa shape index (κ2) is 28.4. The highest BCUT2D eigenvalue weighted by atomic mass is 16.7. The maximum atomic E-state index is 13.9. The van der Waals surface area contributed by atoms with Crippen LogP contribution in [0.4, 0.5) is 0 Å². The van der Waals surface area contributed by atoms with Crippen molar-refractivity contribution in [2.45, 2.75) is 189 Å². The number of allylic oxidation sites excluding steroid dienone is 12. The summed E-state index contributed by atoms with van der Waals surface area (Å²) in [5.74, 6) is -4.53. The van der Waals surface area contributed by atoms with E-state index in [1.807, 2.05) is 49.5 Å². The molecule has 3 fully saturated rings. The Balaban J connectivity index is 1.56. The van der Waals surface area contributed by atoms with Gasteiger partial charge < -0.3 is 81.1 Å². The molecule has 7 unspecified atom stereocenters. The van der Waals surface area contributed by atoms with Crippen LogP contribution in [0.3, 0.4) is 0 Å². The van der Waals surface area contributed by atoms with Gasteiger partial charge in [0.1, 0.15) is 12.2 Å². The average Bonchev–Trinajstić information content (AvgIpc) is 3.23. The summed E-state index contributed by atoms with van der Waals surface area (Å²) in [6.07, 6.45) is 7.87. The van der Waals surface area contributed by atoms with Crippen LogP contribution >= 0.6 is 0 Å². The lowest BCUT2D eigenvalue weighted by atomic mass is 9.79. The Labute approximate surface area is 399 Å². The van der Waals surface area contributed by atoms with E-state index < -0.39 is 135 Å². The molecule has 2 saturated heterocycles. The van der Waals surface area contributed by atoms with E-state index in [9.17, 15) is 60.7 Å². The van der Waals surface area contributed by atoms with E-state index in [0.29, 0.717) is 5.92 Å². The fourth-order valence-electron chi connectivity index (χ4n) is 8.83. The summed E-state index contributed by atoms with van der Waals surface area (Å²) in [6.45, 7) is 5.29. The highest BCUT2D eigenvalue weighted by Gasteiger charge is 2.51. The number of nitrogens with two attached hydrogens (primary N) is 1. The summed E-state index contributed by atoms with van der Waals surface area (Å²) in [5.41, 5.74) is 6.02. The zero-order chi connectivity index (χ0) is 50.0. The number of carbonyl (C=O) groups excluding carboxylic acids is 2. The summed E-state index contributed by atoms with van der Waals surface area (Å²) in [5, 5.41) is 112. The molecule has 17 atom stereocenters. The van der Waals surface area contributed by atoms with Crippen LogP contribution in [0.5, 0.6) is 0 Å². The van der Waals surface area contributed by atoms with E-state index in [0.717, 1.165) is 12.8 Å². The van der Waals surface area contributed by atoms with Crippen molar-refractivity contribution in [3.8, 4) is 0 Å². The topological polar surface area (TPSA) is 311 Å². The summed E-state index contributed by atoms with van der Waals surface area (Å²) >= 11 is 0. The monoisotopic (exact) mass is 963 g/mol. The number of hydrogen-bond donors (Lipinski definition) is 12. The number of carbonyl (C=O) groups is 2. The molecule has 4 rings (SSSR count). The Morgan fingerprint density at radius 1 is 0.676 bits per heavy atom. The quantitative estimate of drug-likeness (QED) is 0.174. The standard InChI is InChI=1S/C50H78N2O16/c1-30-20-33(21-30)52-48(63)45-41(59)28-50(64)27-36(55)24-40(58)38(56)19-18-34(53)23-35(54)25-44(61)66-32(3)22-39(57)31(2)16-14-12-10-8-6-4-5-7-9-11-13-15-17-37(26-43(45)68-50)67-49-47(62)46(51)42(60)29-65-49/h4-17,30-43,45-47,49,53-60,62,64H,18-29,51H2,1-3H3,(H,52,63)/b5-4+,8-6+,9-7+,12-10+,13-11+,16-14+,17-15+/t30-,31-,32-,33-,34?,35?,36?,37?,38?,39-,40?,41-,42+,43-,45+,46-,47-,49-,50?/m0/s1. The van der Waals surface area contributed by atoms with Crippen molar-refractivity contribution in [2.24, 2.45) is 23.5 Å². The van der Waals surface area contributed by atoms with Gasteiger partial charge in [0.25, 0.3) is 0 Å². The summed E-state index contributed by atoms with van der Waals surface area (Å²) in [6, 6.07) is -1.22. The molecule has 13 N–H and O–H groups in total. The number of rotatable bonds is 4. The van der Waals surface area contributed by atoms with Gasteiger partial charge in [-0.15, -0.1) is 0 Å². The predicted octanol–water partition coefficient (Wildman–Crippen LogP) is 0.907. The minimum absolute atomic E-state index is 0.0826. The Bertz CT molecular complexity index is 1750. The first kappa shape index (κ1) is 57.1. The second-order valence-electron chi connectivity index (χ2n) is 19.1. The molecule has 1 amide bonds. The van der Waals surface area contributed by atoms with E-state index >= 15 is 0 Å². The van der Waals surface area contributed by atoms with Crippen LogP contribution in [0.25, 0.3) is 0 Å². The van der Waals surface area contributed by atoms with Crippen LogP contribution in [-0.2, 0) is 28.5 Å². The third kappa shape index (κ3) is 19.4. The molecule has 0 aromatic heterocycles. The van der Waals surface area contributed by atoms with Crippen molar-refractivity contribution in [1.29, 1.82) is 0 Å². The second-order valence-corrected chi connectivity index (χ2v) is 19.1. The number of cyclic esters (lactones) is 1. The van der Waals surface area contributed by atoms with E-state index in [4.69, 9.17) is 24.7 Å². The number of nitrogens with one attached hydrogen (secondary N) is 1. The molecule has 3 aliphatic heterocycles. The molecule has 18 nitrogen and oxygen atoms in total. The Morgan fingerprint density at radius 3 is 1.90 bits per heavy atom. The van der Waals surface area contributed by atoms with Crippen molar-refractivity contribution >= 4 is 11.9 Å². The van der Waals surface area contributed by atoms with Gasteiger partial charge in [0.15, 0.2) is 12.1 Å². The van der Waals surface area contributed by atoms with Gasteiger partial charge >= 0.3 is 5.97 Å². The molecule has 1 saturated carbocycles. The van der Waals surface area contributed by atoms with Gasteiger partial charge in [-0.05, 0) is 44.9 Å². The zero-order valence-electron chi connectivity index (χ0n) is 39.5. The molecular formula is C50H78N2O16. The van der Waals surface area contributed by atoms with Crippen LogP contribution in [0.15, 0.2) is 85.1 Å². The highest BCUT2D eigenvalue weighted by Crippen LogP contribution is 2.39. The third-order valence-corrected chi connectivity index (χ3v) is 12.8. The van der Waals surface area contributed by atoms with Gasteiger partial charge in [-0.25, -0.2) is 0 Å². The molecule has 18 heteroatoms. The third-order valence-electron chi connectivity index (χ3n) is 12.8. The lowest BCUT2D eigenvalue weighted by Crippen LogP contribution is -2.60. The van der Waals surface area contributed by atoms with Crippen LogP contribution in [0.2, 0.25) is 0 Å². The molecule has 3 heterocycles. The van der Waals surface area contributed by atoms with Crippen molar-refractivity contribution in [1.82, 2.24) is 5.32 Å². The lowest BCUT2D eigenvalue weighted by Gasteiger charge is -2.46. The van der Waals surface area contributed by atoms with Gasteiger partial charge in [-0.3, -0.25) is 9.59 Å². The van der Waals surface area contributed by atoms with Gasteiger partial charge in [0, 0.05) is 44.1 Å². The first-order chi connectivity index (χ1) is 32.2. The number of fused-ring (bicyclic) bond motifs is 2. The molecule has 1 aliphatic carbocycles. The van der Waals surface area contributed by atoms with Crippen molar-refractivity contribution in [3.05, 3.63) is 85.1 Å². The van der Waals surface area contributed by atoms with Crippen LogP contribution in [-0.4, -0.2) is 167 Å². The molecule has 68 heavy (non-hydrogen) atoms. The van der Waals surface area contributed by atoms with Crippen LogP contribution in [0.1, 0.15) is 91.4 Å². The lowest BCUT2D eigenvalue weighted by molar-refractivity contribution is -0.304. The first-order valence-electron chi connectivity index (χ1n) is 24.0. The Kier molecular flexibility index (Phi) is 23.9. The molecule has 0 radical (unpaired) electrons. The number of aliphatic hydroxyl groups excluding tert-OH is 9. The number of hydrogen-bond acceptors (Lipinski definition) is 17. The predicted molar refractivity (Wildman–Crippen MR) is 251 cm³/mol. The molecule has 384 valence electrons. The molecular weight excluding hydrogens is 885 g/mol. The Hall–Kier alpha value is -3.44. The number of amides is 1.